The number of nitrogens with zero attached hydrogens (tertiary/aromatic N) is 2. The first kappa shape index (κ1) is 18.1. The van der Waals surface area contributed by atoms with Crippen LogP contribution in [-0.4, -0.2) is 38.3 Å². The predicted molar refractivity (Wildman–Crippen MR) is 112 cm³/mol. The molecule has 2 aromatic carbocycles. The maximum Gasteiger partial charge on any atom is 0.279 e. The van der Waals surface area contributed by atoms with Crippen LogP contribution in [0.3, 0.4) is 0 Å². The number of imidazole rings is 2. The Hall–Kier alpha value is -3.98. The van der Waals surface area contributed by atoms with E-state index in [0.717, 1.165) is 47.4 Å². The smallest absolute Gasteiger partial charge is 0.279 e. The van der Waals surface area contributed by atoms with Crippen LogP contribution in [0.25, 0.3) is 11.0 Å². The van der Waals surface area contributed by atoms with Crippen molar-refractivity contribution in [1.29, 1.82) is 0 Å². The summed E-state index contributed by atoms with van der Waals surface area (Å²) in [7, 11) is 0. The number of amides is 2. The highest BCUT2D eigenvalue weighted by Gasteiger charge is 2.23. The summed E-state index contributed by atoms with van der Waals surface area (Å²) < 4.78 is 0. The van der Waals surface area contributed by atoms with Gasteiger partial charge in [-0.3, -0.25) is 14.9 Å². The monoisotopic (exact) mass is 401 g/mol. The Balaban J connectivity index is 1.36. The summed E-state index contributed by atoms with van der Waals surface area (Å²) in [6.45, 7) is 1.63. The normalized spacial score (nSPS) is 13.1. The Morgan fingerprint density at radius 1 is 1.00 bits per heavy atom. The lowest BCUT2D eigenvalue weighted by Gasteiger charge is -2.20. The Bertz CT molecular complexity index is 1220. The van der Waals surface area contributed by atoms with Gasteiger partial charge in [0.25, 0.3) is 11.8 Å². The SMILES string of the molecule is O=C(Nc1nc2ccccc2[nH]1)c1nc[nH]c1C(=O)Nc1cccc2c1CCNC2. The number of para-hydroxylation sites is 2. The molecule has 2 amide bonds. The van der Waals surface area contributed by atoms with Crippen molar-refractivity contribution in [3.05, 3.63) is 71.3 Å². The summed E-state index contributed by atoms with van der Waals surface area (Å²) in [6, 6.07) is 13.3. The van der Waals surface area contributed by atoms with Crippen LogP contribution in [-0.2, 0) is 13.0 Å². The van der Waals surface area contributed by atoms with Crippen molar-refractivity contribution >= 4 is 34.5 Å². The molecular weight excluding hydrogens is 382 g/mol. The maximum absolute atomic E-state index is 12.9. The molecule has 4 aromatic rings. The van der Waals surface area contributed by atoms with E-state index < -0.39 is 11.8 Å². The van der Waals surface area contributed by atoms with Crippen molar-refractivity contribution in [3.8, 4) is 0 Å². The maximum atomic E-state index is 12.9. The van der Waals surface area contributed by atoms with Crippen molar-refractivity contribution < 1.29 is 9.59 Å². The van der Waals surface area contributed by atoms with Gasteiger partial charge in [-0.25, -0.2) is 9.97 Å². The Labute approximate surface area is 171 Å². The minimum absolute atomic E-state index is 0.000536. The molecule has 0 spiro atoms. The molecule has 3 heterocycles. The lowest BCUT2D eigenvalue weighted by molar-refractivity contribution is 0.0985. The number of carbonyl (C=O) groups excluding carboxylic acids is 2. The van der Waals surface area contributed by atoms with E-state index >= 15 is 0 Å². The van der Waals surface area contributed by atoms with Gasteiger partial charge in [-0.05, 0) is 42.3 Å². The van der Waals surface area contributed by atoms with E-state index in [4.69, 9.17) is 0 Å². The molecule has 30 heavy (non-hydrogen) atoms. The van der Waals surface area contributed by atoms with Gasteiger partial charge in [0, 0.05) is 12.2 Å². The molecule has 5 rings (SSSR count). The average molecular weight is 401 g/mol. The largest absolute Gasteiger partial charge is 0.340 e. The molecule has 1 aliphatic heterocycles. The van der Waals surface area contributed by atoms with Crippen molar-refractivity contribution in [2.45, 2.75) is 13.0 Å². The van der Waals surface area contributed by atoms with Crippen LogP contribution in [0.4, 0.5) is 11.6 Å². The number of rotatable bonds is 4. The molecule has 9 nitrogen and oxygen atoms in total. The number of fused-ring (bicyclic) bond motifs is 2. The van der Waals surface area contributed by atoms with Crippen molar-refractivity contribution in [2.75, 3.05) is 17.2 Å². The summed E-state index contributed by atoms with van der Waals surface area (Å²) in [4.78, 5) is 39.8. The molecule has 150 valence electrons. The zero-order valence-corrected chi connectivity index (χ0v) is 16.0. The van der Waals surface area contributed by atoms with E-state index in [1.54, 1.807) is 0 Å². The van der Waals surface area contributed by atoms with Crippen LogP contribution in [0.5, 0.6) is 0 Å². The second kappa shape index (κ2) is 7.45. The van der Waals surface area contributed by atoms with E-state index in [0.29, 0.717) is 5.95 Å². The number of hydrogen-bond acceptors (Lipinski definition) is 5. The fourth-order valence-electron chi connectivity index (χ4n) is 3.65. The van der Waals surface area contributed by atoms with Crippen LogP contribution >= 0.6 is 0 Å². The number of anilines is 2. The number of H-pyrrole nitrogens is 2. The molecule has 0 saturated heterocycles. The van der Waals surface area contributed by atoms with Gasteiger partial charge in [-0.2, -0.15) is 0 Å². The molecule has 0 radical (unpaired) electrons. The topological polar surface area (TPSA) is 128 Å². The first-order valence-electron chi connectivity index (χ1n) is 9.61. The summed E-state index contributed by atoms with van der Waals surface area (Å²) >= 11 is 0. The minimum atomic E-state index is -0.528. The Kier molecular flexibility index (Phi) is 4.49. The average Bonchev–Trinajstić information content (AvgIpc) is 3.41. The van der Waals surface area contributed by atoms with Crippen LogP contribution in [0.15, 0.2) is 48.8 Å². The third-order valence-electron chi connectivity index (χ3n) is 5.09. The predicted octanol–water partition coefficient (Wildman–Crippen LogP) is 2.44. The second-order valence-corrected chi connectivity index (χ2v) is 7.01. The first-order chi connectivity index (χ1) is 14.7. The minimum Gasteiger partial charge on any atom is -0.340 e. The van der Waals surface area contributed by atoms with Gasteiger partial charge < -0.3 is 20.6 Å². The van der Waals surface area contributed by atoms with Crippen LogP contribution in [0.1, 0.15) is 32.1 Å². The molecular formula is C21H19N7O2. The third-order valence-corrected chi connectivity index (χ3v) is 5.09. The molecule has 9 heteroatoms. The van der Waals surface area contributed by atoms with Crippen LogP contribution < -0.4 is 16.0 Å². The van der Waals surface area contributed by atoms with Gasteiger partial charge in [-0.15, -0.1) is 0 Å². The Morgan fingerprint density at radius 3 is 2.80 bits per heavy atom. The van der Waals surface area contributed by atoms with Gasteiger partial charge in [0.05, 0.1) is 17.4 Å². The number of carbonyl (C=O) groups is 2. The highest BCUT2D eigenvalue weighted by atomic mass is 16.2. The fraction of sp³-hybridized carbons (Fsp3) is 0.143. The van der Waals surface area contributed by atoms with Gasteiger partial charge in [0.1, 0.15) is 5.69 Å². The van der Waals surface area contributed by atoms with E-state index in [9.17, 15) is 9.59 Å². The molecule has 0 atom stereocenters. The molecule has 1 aliphatic rings. The third kappa shape index (κ3) is 3.31. The summed E-state index contributed by atoms with van der Waals surface area (Å²) in [6.07, 6.45) is 2.15. The molecule has 0 unspecified atom stereocenters. The number of aromatic nitrogens is 4. The molecule has 0 bridgehead atoms. The Morgan fingerprint density at radius 2 is 1.90 bits per heavy atom. The van der Waals surface area contributed by atoms with Crippen molar-refractivity contribution in [1.82, 2.24) is 25.3 Å². The van der Waals surface area contributed by atoms with Gasteiger partial charge in [0.15, 0.2) is 5.69 Å². The highest BCUT2D eigenvalue weighted by molar-refractivity contribution is 6.13. The molecule has 0 fully saturated rings. The van der Waals surface area contributed by atoms with E-state index in [1.807, 2.05) is 42.5 Å². The number of benzene rings is 2. The van der Waals surface area contributed by atoms with Gasteiger partial charge in [-0.1, -0.05) is 24.3 Å². The summed E-state index contributed by atoms with van der Waals surface area (Å²) in [5, 5.41) is 8.89. The lowest BCUT2D eigenvalue weighted by Crippen LogP contribution is -2.26. The summed E-state index contributed by atoms with van der Waals surface area (Å²) in [5.74, 6) is -0.658. The van der Waals surface area contributed by atoms with Crippen molar-refractivity contribution in [3.63, 3.8) is 0 Å². The molecule has 2 aromatic heterocycles. The fourth-order valence-corrected chi connectivity index (χ4v) is 3.65. The zero-order chi connectivity index (χ0) is 20.5. The van der Waals surface area contributed by atoms with Crippen molar-refractivity contribution in [2.24, 2.45) is 0 Å². The quantitative estimate of drug-likeness (QED) is 0.359. The lowest BCUT2D eigenvalue weighted by atomic mass is 9.99. The zero-order valence-electron chi connectivity index (χ0n) is 16.0. The standard InChI is InChI=1S/C21H19N7O2/c29-19(25-14-7-3-4-12-10-22-9-8-13(12)14)17-18(24-11-23-17)20(30)28-21-26-15-5-1-2-6-16(15)27-21/h1-7,11,22H,8-10H2,(H,23,24)(H,25,29)(H2,26,27,28,30). The van der Waals surface area contributed by atoms with Gasteiger partial charge in [0.2, 0.25) is 5.95 Å². The molecule has 5 N–H and O–H groups in total. The van der Waals surface area contributed by atoms with E-state index in [1.165, 1.54) is 6.33 Å². The summed E-state index contributed by atoms with van der Waals surface area (Å²) in [5.41, 5.74) is 4.64. The number of aromatic amines is 2. The van der Waals surface area contributed by atoms with Crippen LogP contribution in [0.2, 0.25) is 0 Å². The number of nitrogens with one attached hydrogen (secondary N) is 5. The van der Waals surface area contributed by atoms with Crippen LogP contribution in [0, 0.1) is 0 Å². The molecule has 0 aliphatic carbocycles. The highest BCUT2D eigenvalue weighted by Crippen LogP contribution is 2.24. The van der Waals surface area contributed by atoms with Gasteiger partial charge >= 0.3 is 0 Å². The number of hydrogen-bond donors (Lipinski definition) is 5. The second-order valence-electron chi connectivity index (χ2n) is 7.01. The van der Waals surface area contributed by atoms with E-state index in [-0.39, 0.29) is 11.4 Å². The first-order valence-corrected chi connectivity index (χ1v) is 9.61. The van der Waals surface area contributed by atoms with E-state index in [2.05, 4.69) is 35.9 Å². The molecule has 0 saturated carbocycles.